The number of nitrogens with zero attached hydrogens (tertiary/aromatic N) is 1. The molecule has 0 aliphatic heterocycles. The summed E-state index contributed by atoms with van der Waals surface area (Å²) in [6.45, 7) is 4.76. The summed E-state index contributed by atoms with van der Waals surface area (Å²) < 4.78 is 6.23. The number of benzene rings is 7. The molecule has 0 fully saturated rings. The third kappa shape index (κ3) is 3.52. The Bertz CT molecular complexity index is 2500. The summed E-state index contributed by atoms with van der Waals surface area (Å²) in [5.74, 6) is 0. The van der Waals surface area contributed by atoms with Crippen LogP contribution < -0.4 is 4.90 Å². The van der Waals surface area contributed by atoms with Gasteiger partial charge in [-0.25, -0.2) is 0 Å². The molecule has 0 amide bonds. The van der Waals surface area contributed by atoms with Gasteiger partial charge in [0.2, 0.25) is 0 Å². The molecule has 1 spiro atoms. The molecular weight excluding hydrogens is 583 g/mol. The van der Waals surface area contributed by atoms with Gasteiger partial charge in [0.1, 0.15) is 11.2 Å². The number of fused-ring (bicyclic) bond motifs is 12. The average molecular weight is 616 g/mol. The normalized spacial score (nSPS) is 14.8. The van der Waals surface area contributed by atoms with Gasteiger partial charge in [-0.1, -0.05) is 129 Å². The molecule has 1 heterocycles. The first-order valence-corrected chi connectivity index (χ1v) is 16.8. The van der Waals surface area contributed by atoms with Gasteiger partial charge in [-0.3, -0.25) is 0 Å². The number of hydrogen-bond donors (Lipinski definition) is 0. The SMILES string of the molecule is CC1(C)c2ccccc2C2(c3ccccc3-c3ccc(N(c4ccccc4)c4ccc5oc6ccccc6c5c4)cc32)c2ccccc21. The smallest absolute Gasteiger partial charge is 0.135 e. The summed E-state index contributed by atoms with van der Waals surface area (Å²) in [7, 11) is 0. The molecule has 2 heteroatoms. The second-order valence-electron chi connectivity index (χ2n) is 13.7. The first-order valence-electron chi connectivity index (χ1n) is 16.8. The van der Waals surface area contributed by atoms with E-state index in [1.807, 2.05) is 12.1 Å². The van der Waals surface area contributed by atoms with Crippen molar-refractivity contribution >= 4 is 39.0 Å². The second kappa shape index (κ2) is 9.82. The molecule has 8 aromatic rings. The van der Waals surface area contributed by atoms with Crippen LogP contribution >= 0.6 is 0 Å². The van der Waals surface area contributed by atoms with Crippen LogP contribution in [0.2, 0.25) is 0 Å². The molecule has 0 unspecified atom stereocenters. The minimum Gasteiger partial charge on any atom is -0.456 e. The Morgan fingerprint density at radius 2 is 0.938 bits per heavy atom. The van der Waals surface area contributed by atoms with Crippen molar-refractivity contribution in [2.24, 2.45) is 0 Å². The van der Waals surface area contributed by atoms with E-state index in [1.54, 1.807) is 0 Å². The van der Waals surface area contributed by atoms with Crippen molar-refractivity contribution in [3.8, 4) is 11.1 Å². The topological polar surface area (TPSA) is 16.4 Å². The van der Waals surface area contributed by atoms with Gasteiger partial charge >= 0.3 is 0 Å². The molecule has 1 aromatic heterocycles. The molecule has 10 rings (SSSR count). The van der Waals surface area contributed by atoms with E-state index in [0.29, 0.717) is 0 Å². The molecule has 48 heavy (non-hydrogen) atoms. The highest BCUT2D eigenvalue weighted by Crippen LogP contribution is 2.62. The van der Waals surface area contributed by atoms with Crippen LogP contribution in [0, 0.1) is 0 Å². The summed E-state index contributed by atoms with van der Waals surface area (Å²) in [5.41, 5.74) is 15.3. The van der Waals surface area contributed by atoms with E-state index in [2.05, 4.69) is 170 Å². The van der Waals surface area contributed by atoms with Gasteiger partial charge in [0.25, 0.3) is 0 Å². The molecular formula is C46H33NO. The summed E-state index contributed by atoms with van der Waals surface area (Å²) in [5, 5.41) is 2.25. The standard InChI is InChI=1S/C46H33NO/c1-45(2)38-19-9-11-21-40(38)46(41-22-12-10-20-39(41)45)37-18-8-6-16-33(37)34-26-24-32(29-42(34)46)47(30-14-4-3-5-15-30)31-25-27-44-36(28-31)35-17-7-13-23-43(35)48-44/h3-29H,1-2H3. The molecule has 228 valence electrons. The number of furan rings is 1. The lowest BCUT2D eigenvalue weighted by atomic mass is 9.55. The second-order valence-corrected chi connectivity index (χ2v) is 13.7. The zero-order chi connectivity index (χ0) is 32.0. The zero-order valence-electron chi connectivity index (χ0n) is 26.9. The number of para-hydroxylation sites is 2. The molecule has 2 aliphatic carbocycles. The van der Waals surface area contributed by atoms with E-state index < -0.39 is 5.41 Å². The largest absolute Gasteiger partial charge is 0.456 e. The lowest BCUT2D eigenvalue weighted by molar-refractivity contribution is 0.563. The molecule has 0 saturated carbocycles. The Balaban J connectivity index is 1.28. The predicted octanol–water partition coefficient (Wildman–Crippen LogP) is 12.1. The maximum absolute atomic E-state index is 6.23. The highest BCUT2D eigenvalue weighted by Gasteiger charge is 2.53. The van der Waals surface area contributed by atoms with E-state index >= 15 is 0 Å². The van der Waals surface area contributed by atoms with Crippen LogP contribution in [-0.4, -0.2) is 0 Å². The molecule has 0 bridgehead atoms. The summed E-state index contributed by atoms with van der Waals surface area (Å²) >= 11 is 0. The maximum atomic E-state index is 6.23. The van der Waals surface area contributed by atoms with Crippen LogP contribution in [0.5, 0.6) is 0 Å². The van der Waals surface area contributed by atoms with E-state index in [4.69, 9.17) is 4.42 Å². The summed E-state index contributed by atoms with van der Waals surface area (Å²) in [4.78, 5) is 2.39. The Hall–Kier alpha value is -5.86. The third-order valence-electron chi connectivity index (χ3n) is 10.9. The predicted molar refractivity (Wildman–Crippen MR) is 198 cm³/mol. The Morgan fingerprint density at radius 1 is 0.396 bits per heavy atom. The van der Waals surface area contributed by atoms with Crippen molar-refractivity contribution < 1.29 is 4.42 Å². The number of rotatable bonds is 3. The lowest BCUT2D eigenvalue weighted by Gasteiger charge is -2.46. The van der Waals surface area contributed by atoms with E-state index in [1.165, 1.54) is 44.5 Å². The van der Waals surface area contributed by atoms with Crippen molar-refractivity contribution in [1.82, 2.24) is 0 Å². The number of anilines is 3. The van der Waals surface area contributed by atoms with Gasteiger partial charge in [0, 0.05) is 33.2 Å². The molecule has 0 atom stereocenters. The van der Waals surface area contributed by atoms with Gasteiger partial charge in [0.05, 0.1) is 5.41 Å². The van der Waals surface area contributed by atoms with Crippen molar-refractivity contribution in [3.05, 3.63) is 197 Å². The first-order chi connectivity index (χ1) is 23.6. The van der Waals surface area contributed by atoms with Gasteiger partial charge in [-0.05, 0) is 93.0 Å². The molecule has 0 N–H and O–H groups in total. The minimum atomic E-state index is -0.447. The van der Waals surface area contributed by atoms with Crippen molar-refractivity contribution in [1.29, 1.82) is 0 Å². The van der Waals surface area contributed by atoms with Crippen LogP contribution in [-0.2, 0) is 10.8 Å². The van der Waals surface area contributed by atoms with Crippen molar-refractivity contribution in [2.75, 3.05) is 4.90 Å². The van der Waals surface area contributed by atoms with Gasteiger partial charge in [-0.15, -0.1) is 0 Å². The van der Waals surface area contributed by atoms with Crippen LogP contribution in [0.1, 0.15) is 47.2 Å². The fourth-order valence-corrected chi connectivity index (χ4v) is 8.86. The fraction of sp³-hybridized carbons (Fsp3) is 0.0870. The number of hydrogen-bond acceptors (Lipinski definition) is 2. The Morgan fingerprint density at radius 3 is 1.69 bits per heavy atom. The Labute approximate surface area is 280 Å². The molecule has 0 saturated heterocycles. The maximum Gasteiger partial charge on any atom is 0.135 e. The van der Waals surface area contributed by atoms with E-state index in [0.717, 1.165) is 39.0 Å². The minimum absolute atomic E-state index is 0.132. The van der Waals surface area contributed by atoms with E-state index in [9.17, 15) is 0 Å². The highest BCUT2D eigenvalue weighted by molar-refractivity contribution is 6.06. The highest BCUT2D eigenvalue weighted by atomic mass is 16.3. The molecule has 0 radical (unpaired) electrons. The summed E-state index contributed by atoms with van der Waals surface area (Å²) in [6.07, 6.45) is 0. The quantitative estimate of drug-likeness (QED) is 0.197. The molecule has 2 aliphatic rings. The summed E-state index contributed by atoms with van der Waals surface area (Å²) in [6, 6.07) is 60.0. The van der Waals surface area contributed by atoms with Gasteiger partial charge in [0.15, 0.2) is 0 Å². The Kier molecular flexibility index (Phi) is 5.58. The fourth-order valence-electron chi connectivity index (χ4n) is 8.86. The van der Waals surface area contributed by atoms with Crippen LogP contribution in [0.3, 0.4) is 0 Å². The third-order valence-corrected chi connectivity index (χ3v) is 10.9. The first kappa shape index (κ1) is 27.3. The van der Waals surface area contributed by atoms with E-state index in [-0.39, 0.29) is 5.41 Å². The van der Waals surface area contributed by atoms with Crippen LogP contribution in [0.25, 0.3) is 33.1 Å². The van der Waals surface area contributed by atoms with Crippen LogP contribution in [0.15, 0.2) is 168 Å². The van der Waals surface area contributed by atoms with Gasteiger partial charge < -0.3 is 9.32 Å². The lowest BCUT2D eigenvalue weighted by Crippen LogP contribution is -2.40. The monoisotopic (exact) mass is 615 g/mol. The average Bonchev–Trinajstić information content (AvgIpc) is 3.65. The molecule has 2 nitrogen and oxygen atoms in total. The van der Waals surface area contributed by atoms with Crippen molar-refractivity contribution in [2.45, 2.75) is 24.7 Å². The molecule has 7 aromatic carbocycles. The zero-order valence-corrected chi connectivity index (χ0v) is 26.9. The van der Waals surface area contributed by atoms with Crippen LogP contribution in [0.4, 0.5) is 17.1 Å². The van der Waals surface area contributed by atoms with Crippen molar-refractivity contribution in [3.63, 3.8) is 0 Å². The van der Waals surface area contributed by atoms with Gasteiger partial charge in [-0.2, -0.15) is 0 Å².